The minimum atomic E-state index is -0.770. The van der Waals surface area contributed by atoms with Crippen LogP contribution in [0.15, 0.2) is 0 Å². The minimum Gasteiger partial charge on any atom is -0.481 e. The fourth-order valence-electron chi connectivity index (χ4n) is 1.22. The summed E-state index contributed by atoms with van der Waals surface area (Å²) < 4.78 is 0. The number of nitrogens with one attached hydrogen (secondary N) is 1. The summed E-state index contributed by atoms with van der Waals surface area (Å²) in [6.45, 7) is 4.91. The third-order valence-corrected chi connectivity index (χ3v) is 2.16. The van der Waals surface area contributed by atoms with E-state index in [1.54, 1.807) is 0 Å². The second-order valence-electron chi connectivity index (χ2n) is 3.88. The van der Waals surface area contributed by atoms with Gasteiger partial charge in [0.25, 0.3) is 0 Å². The maximum Gasteiger partial charge on any atom is 0.304 e. The van der Waals surface area contributed by atoms with E-state index in [0.29, 0.717) is 5.92 Å². The maximum absolute atomic E-state index is 10.3. The molecule has 3 N–H and O–H groups in total. The minimum absolute atomic E-state index is 0.0249. The molecule has 0 aliphatic carbocycles. The summed E-state index contributed by atoms with van der Waals surface area (Å²) in [6, 6.07) is 0.0249. The molecule has 4 nitrogen and oxygen atoms in total. The van der Waals surface area contributed by atoms with E-state index in [1.165, 1.54) is 0 Å². The van der Waals surface area contributed by atoms with Gasteiger partial charge >= 0.3 is 5.97 Å². The van der Waals surface area contributed by atoms with Gasteiger partial charge in [-0.2, -0.15) is 0 Å². The zero-order chi connectivity index (χ0) is 11.0. The standard InChI is InChI=1S/C10H21NO3/c1-8(7-12)4-3-5-11-9(2)6-10(13)14/h8-9,11-12H,3-7H2,1-2H3,(H,13,14). The fraction of sp³-hybridized carbons (Fsp3) is 0.900. The van der Waals surface area contributed by atoms with Gasteiger partial charge in [0.05, 0.1) is 6.42 Å². The Morgan fingerprint density at radius 2 is 2.07 bits per heavy atom. The molecule has 2 unspecified atom stereocenters. The summed E-state index contributed by atoms with van der Waals surface area (Å²) in [6.07, 6.45) is 2.12. The lowest BCUT2D eigenvalue weighted by Crippen LogP contribution is -2.29. The lowest BCUT2D eigenvalue weighted by Gasteiger charge is -2.12. The molecule has 0 aliphatic rings. The lowest BCUT2D eigenvalue weighted by molar-refractivity contribution is -0.137. The Labute approximate surface area is 85.3 Å². The molecule has 0 aromatic rings. The van der Waals surface area contributed by atoms with Crippen LogP contribution in [0.4, 0.5) is 0 Å². The highest BCUT2D eigenvalue weighted by molar-refractivity contribution is 5.67. The van der Waals surface area contributed by atoms with E-state index in [9.17, 15) is 4.79 Å². The first kappa shape index (κ1) is 13.4. The number of hydrogen-bond donors (Lipinski definition) is 3. The Morgan fingerprint density at radius 3 is 2.57 bits per heavy atom. The van der Waals surface area contributed by atoms with Gasteiger partial charge in [-0.05, 0) is 32.2 Å². The topological polar surface area (TPSA) is 69.6 Å². The Morgan fingerprint density at radius 1 is 1.43 bits per heavy atom. The smallest absolute Gasteiger partial charge is 0.304 e. The van der Waals surface area contributed by atoms with E-state index in [0.717, 1.165) is 19.4 Å². The zero-order valence-electron chi connectivity index (χ0n) is 8.99. The number of aliphatic hydroxyl groups is 1. The highest BCUT2D eigenvalue weighted by Crippen LogP contribution is 2.03. The second kappa shape index (κ2) is 7.76. The van der Waals surface area contributed by atoms with Crippen molar-refractivity contribution in [1.29, 1.82) is 0 Å². The molecule has 0 aromatic heterocycles. The van der Waals surface area contributed by atoms with Crippen molar-refractivity contribution in [2.24, 2.45) is 5.92 Å². The molecule has 0 saturated heterocycles. The normalized spacial score (nSPS) is 15.1. The van der Waals surface area contributed by atoms with Crippen LogP contribution in [-0.4, -0.2) is 35.4 Å². The Kier molecular flexibility index (Phi) is 7.42. The van der Waals surface area contributed by atoms with Crippen LogP contribution in [0.25, 0.3) is 0 Å². The first-order valence-corrected chi connectivity index (χ1v) is 5.12. The van der Waals surface area contributed by atoms with Crippen molar-refractivity contribution in [3.63, 3.8) is 0 Å². The van der Waals surface area contributed by atoms with Gasteiger partial charge in [0.1, 0.15) is 0 Å². The third-order valence-electron chi connectivity index (χ3n) is 2.16. The van der Waals surface area contributed by atoms with E-state index in [4.69, 9.17) is 10.2 Å². The van der Waals surface area contributed by atoms with Crippen molar-refractivity contribution < 1.29 is 15.0 Å². The highest BCUT2D eigenvalue weighted by Gasteiger charge is 2.06. The molecular weight excluding hydrogens is 182 g/mol. The average Bonchev–Trinajstić information content (AvgIpc) is 2.10. The quantitative estimate of drug-likeness (QED) is 0.511. The predicted octanol–water partition coefficient (Wildman–Crippen LogP) is 0.848. The Bertz CT molecular complexity index is 161. The fourth-order valence-corrected chi connectivity index (χ4v) is 1.22. The summed E-state index contributed by atoms with van der Waals surface area (Å²) in [7, 11) is 0. The van der Waals surface area contributed by atoms with E-state index in [1.807, 2.05) is 13.8 Å². The van der Waals surface area contributed by atoms with Crippen LogP contribution in [-0.2, 0) is 4.79 Å². The van der Waals surface area contributed by atoms with Gasteiger partial charge in [0.2, 0.25) is 0 Å². The zero-order valence-corrected chi connectivity index (χ0v) is 8.99. The van der Waals surface area contributed by atoms with Crippen molar-refractivity contribution >= 4 is 5.97 Å². The molecule has 0 aliphatic heterocycles. The Hall–Kier alpha value is -0.610. The number of aliphatic carboxylic acids is 1. The SMILES string of the molecule is CC(CO)CCCNC(C)CC(=O)O. The summed E-state index contributed by atoms with van der Waals surface area (Å²) in [5, 5.41) is 20.4. The van der Waals surface area contributed by atoms with Crippen LogP contribution in [0.2, 0.25) is 0 Å². The molecule has 0 saturated carbocycles. The van der Waals surface area contributed by atoms with Crippen molar-refractivity contribution in [3.05, 3.63) is 0 Å². The van der Waals surface area contributed by atoms with Crippen LogP contribution < -0.4 is 5.32 Å². The van der Waals surface area contributed by atoms with Gasteiger partial charge in [0, 0.05) is 12.6 Å². The predicted molar refractivity (Wildman–Crippen MR) is 55.2 cm³/mol. The molecule has 0 spiro atoms. The molecule has 0 amide bonds. The van der Waals surface area contributed by atoms with E-state index in [-0.39, 0.29) is 19.1 Å². The van der Waals surface area contributed by atoms with Gasteiger partial charge in [-0.25, -0.2) is 0 Å². The molecular formula is C10H21NO3. The molecule has 84 valence electrons. The number of hydrogen-bond acceptors (Lipinski definition) is 3. The molecule has 0 heterocycles. The number of carbonyl (C=O) groups is 1. The Balaban J connectivity index is 3.31. The van der Waals surface area contributed by atoms with Gasteiger partial charge in [0.15, 0.2) is 0 Å². The summed E-state index contributed by atoms with van der Waals surface area (Å²) >= 11 is 0. The molecule has 0 radical (unpaired) electrons. The second-order valence-corrected chi connectivity index (χ2v) is 3.88. The van der Waals surface area contributed by atoms with E-state index in [2.05, 4.69) is 5.32 Å². The van der Waals surface area contributed by atoms with Crippen molar-refractivity contribution in [1.82, 2.24) is 5.32 Å². The molecule has 0 aromatic carbocycles. The van der Waals surface area contributed by atoms with Crippen LogP contribution in [0.5, 0.6) is 0 Å². The van der Waals surface area contributed by atoms with Gasteiger partial charge < -0.3 is 15.5 Å². The number of rotatable bonds is 8. The van der Waals surface area contributed by atoms with Crippen LogP contribution in [0, 0.1) is 5.92 Å². The summed E-state index contributed by atoms with van der Waals surface area (Å²) in [4.78, 5) is 10.3. The van der Waals surface area contributed by atoms with Crippen LogP contribution >= 0.6 is 0 Å². The lowest BCUT2D eigenvalue weighted by atomic mass is 10.1. The first-order chi connectivity index (χ1) is 6.56. The molecule has 4 heteroatoms. The van der Waals surface area contributed by atoms with E-state index >= 15 is 0 Å². The van der Waals surface area contributed by atoms with E-state index < -0.39 is 5.97 Å². The highest BCUT2D eigenvalue weighted by atomic mass is 16.4. The van der Waals surface area contributed by atoms with Gasteiger partial charge in [-0.3, -0.25) is 4.79 Å². The van der Waals surface area contributed by atoms with Crippen LogP contribution in [0.1, 0.15) is 33.1 Å². The molecule has 0 bridgehead atoms. The van der Waals surface area contributed by atoms with Crippen LogP contribution in [0.3, 0.4) is 0 Å². The molecule has 14 heavy (non-hydrogen) atoms. The molecule has 2 atom stereocenters. The number of carboxylic acids is 1. The van der Waals surface area contributed by atoms with Gasteiger partial charge in [-0.1, -0.05) is 6.92 Å². The monoisotopic (exact) mass is 203 g/mol. The van der Waals surface area contributed by atoms with Crippen molar-refractivity contribution in [2.75, 3.05) is 13.2 Å². The third kappa shape index (κ3) is 8.01. The summed E-state index contributed by atoms with van der Waals surface area (Å²) in [5.41, 5.74) is 0. The number of carboxylic acid groups (broad SMARTS) is 1. The maximum atomic E-state index is 10.3. The molecule has 0 rings (SSSR count). The molecule has 0 fully saturated rings. The largest absolute Gasteiger partial charge is 0.481 e. The average molecular weight is 203 g/mol. The first-order valence-electron chi connectivity index (χ1n) is 5.12. The summed E-state index contributed by atoms with van der Waals surface area (Å²) in [5.74, 6) is -0.430. The van der Waals surface area contributed by atoms with Crippen molar-refractivity contribution in [2.45, 2.75) is 39.2 Å². The van der Waals surface area contributed by atoms with Gasteiger partial charge in [-0.15, -0.1) is 0 Å². The number of aliphatic hydroxyl groups excluding tert-OH is 1. The van der Waals surface area contributed by atoms with Crippen molar-refractivity contribution in [3.8, 4) is 0 Å².